The Morgan fingerprint density at radius 2 is 2.12 bits per heavy atom. The molecule has 0 spiro atoms. The second-order valence-corrected chi connectivity index (χ2v) is 3.12. The maximum absolute atomic E-state index is 10.2. The summed E-state index contributed by atoms with van der Waals surface area (Å²) in [7, 11) is 0. The van der Waals surface area contributed by atoms with E-state index < -0.39 is 11.1 Å². The molecule has 3 heteroatoms. The van der Waals surface area contributed by atoms with Crippen LogP contribution in [0.1, 0.15) is 13.8 Å². The molecule has 1 unspecified atom stereocenters. The third kappa shape index (κ3) is 6.11. The van der Waals surface area contributed by atoms with E-state index in [4.69, 9.17) is 4.18 Å². The van der Waals surface area contributed by atoms with Gasteiger partial charge in [0, 0.05) is 6.26 Å². The molecule has 1 atom stereocenters. The first-order valence-corrected chi connectivity index (χ1v) is 4.08. The van der Waals surface area contributed by atoms with Crippen LogP contribution in [0.2, 0.25) is 0 Å². The average molecular weight is 136 g/mol. The van der Waals surface area contributed by atoms with Crippen LogP contribution in [0.5, 0.6) is 0 Å². The fraction of sp³-hybridized carbons (Fsp3) is 1.00. The quantitative estimate of drug-likeness (QED) is 0.577. The minimum Gasteiger partial charge on any atom is -0.290 e. The largest absolute Gasteiger partial charge is 0.290 e. The van der Waals surface area contributed by atoms with Gasteiger partial charge in [-0.25, -0.2) is 4.21 Å². The first-order valence-electron chi connectivity index (χ1n) is 2.59. The van der Waals surface area contributed by atoms with Crippen LogP contribution >= 0.6 is 0 Å². The molecule has 0 aliphatic carbocycles. The molecule has 8 heavy (non-hydrogen) atoms. The van der Waals surface area contributed by atoms with Gasteiger partial charge in [0.15, 0.2) is 11.1 Å². The molecule has 50 valence electrons. The van der Waals surface area contributed by atoms with Gasteiger partial charge in [0.05, 0.1) is 6.61 Å². The molecular weight excluding hydrogens is 124 g/mol. The van der Waals surface area contributed by atoms with Gasteiger partial charge in [0.2, 0.25) is 0 Å². The van der Waals surface area contributed by atoms with Crippen LogP contribution in [0.15, 0.2) is 0 Å². The zero-order valence-corrected chi connectivity index (χ0v) is 6.33. The predicted octanol–water partition coefficient (Wildman–Crippen LogP) is 0.953. The molecule has 0 saturated heterocycles. The molecule has 0 aromatic heterocycles. The van der Waals surface area contributed by atoms with Crippen molar-refractivity contribution in [3.8, 4) is 0 Å². The molecule has 0 aliphatic rings. The summed E-state index contributed by atoms with van der Waals surface area (Å²) < 4.78 is 15.0. The van der Waals surface area contributed by atoms with E-state index in [2.05, 4.69) is 0 Å². The van der Waals surface area contributed by atoms with Crippen molar-refractivity contribution in [1.82, 2.24) is 0 Å². The van der Waals surface area contributed by atoms with Crippen LogP contribution in [0.4, 0.5) is 0 Å². The highest BCUT2D eigenvalue weighted by molar-refractivity contribution is 7.79. The molecule has 0 saturated carbocycles. The highest BCUT2D eigenvalue weighted by Crippen LogP contribution is 1.92. The lowest BCUT2D eigenvalue weighted by molar-refractivity contribution is 0.298. The lowest BCUT2D eigenvalue weighted by Crippen LogP contribution is -2.02. The highest BCUT2D eigenvalue weighted by atomic mass is 32.2. The number of rotatable bonds is 3. The normalized spacial score (nSPS) is 14.5. The van der Waals surface area contributed by atoms with Gasteiger partial charge in [0.1, 0.15) is 0 Å². The summed E-state index contributed by atoms with van der Waals surface area (Å²) in [5.41, 5.74) is 0. The zero-order valence-electron chi connectivity index (χ0n) is 5.51. The summed E-state index contributed by atoms with van der Waals surface area (Å²) in [6.07, 6.45) is 1.53. The van der Waals surface area contributed by atoms with Crippen LogP contribution in [0, 0.1) is 5.92 Å². The van der Waals surface area contributed by atoms with E-state index in [0.29, 0.717) is 12.5 Å². The van der Waals surface area contributed by atoms with E-state index in [1.807, 2.05) is 13.8 Å². The van der Waals surface area contributed by atoms with Gasteiger partial charge in [0.25, 0.3) is 0 Å². The van der Waals surface area contributed by atoms with E-state index in [-0.39, 0.29) is 0 Å². The van der Waals surface area contributed by atoms with Crippen molar-refractivity contribution in [3.05, 3.63) is 0 Å². The smallest absolute Gasteiger partial charge is 0.152 e. The molecule has 0 heterocycles. The number of hydrogen-bond acceptors (Lipinski definition) is 2. The van der Waals surface area contributed by atoms with Crippen molar-refractivity contribution >= 4 is 11.1 Å². The fourth-order valence-electron chi connectivity index (χ4n) is 0.232. The summed E-state index contributed by atoms with van der Waals surface area (Å²) >= 11 is -1.09. The Morgan fingerprint density at radius 3 is 2.25 bits per heavy atom. The van der Waals surface area contributed by atoms with Gasteiger partial charge in [-0.3, -0.25) is 4.18 Å². The Bertz CT molecular complexity index is 80.5. The van der Waals surface area contributed by atoms with Crippen LogP contribution in [0.3, 0.4) is 0 Å². The molecule has 0 rings (SSSR count). The molecular formula is C5H12O2S. The van der Waals surface area contributed by atoms with Gasteiger partial charge < -0.3 is 0 Å². The van der Waals surface area contributed by atoms with Gasteiger partial charge in [-0.1, -0.05) is 13.8 Å². The first kappa shape index (κ1) is 8.11. The lowest BCUT2D eigenvalue weighted by atomic mass is 10.2. The molecule has 0 amide bonds. The van der Waals surface area contributed by atoms with Crippen molar-refractivity contribution in [2.75, 3.05) is 12.9 Å². The fourth-order valence-corrected chi connectivity index (χ4v) is 0.696. The SMILES string of the molecule is CC(C)COS(C)=O. The van der Waals surface area contributed by atoms with E-state index in [1.54, 1.807) is 0 Å². The Balaban J connectivity index is 3.05. The lowest BCUT2D eigenvalue weighted by Gasteiger charge is -2.00. The van der Waals surface area contributed by atoms with E-state index in [9.17, 15) is 4.21 Å². The van der Waals surface area contributed by atoms with Crippen LogP contribution in [-0.4, -0.2) is 17.1 Å². The maximum atomic E-state index is 10.2. The third-order valence-corrected chi connectivity index (χ3v) is 1.04. The molecule has 2 nitrogen and oxygen atoms in total. The Labute approximate surface area is 52.9 Å². The molecule has 0 radical (unpaired) electrons. The minimum absolute atomic E-state index is 0.471. The molecule has 0 bridgehead atoms. The molecule has 0 fully saturated rings. The Kier molecular flexibility index (Phi) is 4.09. The summed E-state index contributed by atoms with van der Waals surface area (Å²) in [6, 6.07) is 0. The van der Waals surface area contributed by atoms with E-state index in [1.165, 1.54) is 6.26 Å². The molecule has 0 aromatic carbocycles. The van der Waals surface area contributed by atoms with Gasteiger partial charge in [-0.2, -0.15) is 0 Å². The summed E-state index contributed by atoms with van der Waals surface area (Å²) in [5, 5.41) is 0. The topological polar surface area (TPSA) is 26.3 Å². The molecule has 0 N–H and O–H groups in total. The van der Waals surface area contributed by atoms with Crippen molar-refractivity contribution in [3.63, 3.8) is 0 Å². The van der Waals surface area contributed by atoms with Gasteiger partial charge in [-0.05, 0) is 5.92 Å². The van der Waals surface area contributed by atoms with Gasteiger partial charge >= 0.3 is 0 Å². The van der Waals surface area contributed by atoms with Crippen molar-refractivity contribution in [2.45, 2.75) is 13.8 Å². The molecule has 0 aromatic rings. The van der Waals surface area contributed by atoms with Crippen molar-refractivity contribution in [2.24, 2.45) is 5.92 Å². The van der Waals surface area contributed by atoms with Crippen LogP contribution < -0.4 is 0 Å². The van der Waals surface area contributed by atoms with Crippen LogP contribution in [0.25, 0.3) is 0 Å². The van der Waals surface area contributed by atoms with Crippen molar-refractivity contribution in [1.29, 1.82) is 0 Å². The van der Waals surface area contributed by atoms with Crippen LogP contribution in [-0.2, 0) is 15.3 Å². The third-order valence-electron chi connectivity index (χ3n) is 0.567. The maximum Gasteiger partial charge on any atom is 0.152 e. The Hall–Kier alpha value is 0.110. The van der Waals surface area contributed by atoms with Gasteiger partial charge in [-0.15, -0.1) is 0 Å². The van der Waals surface area contributed by atoms with E-state index in [0.717, 1.165) is 0 Å². The molecule has 0 aliphatic heterocycles. The standard InChI is InChI=1S/C5H12O2S/c1-5(2)4-7-8(3)6/h5H,4H2,1-3H3. The zero-order chi connectivity index (χ0) is 6.57. The summed E-state index contributed by atoms with van der Waals surface area (Å²) in [4.78, 5) is 0. The Morgan fingerprint density at radius 1 is 1.62 bits per heavy atom. The minimum atomic E-state index is -1.09. The first-order chi connectivity index (χ1) is 3.63. The summed E-state index contributed by atoms with van der Waals surface area (Å²) in [6.45, 7) is 4.63. The predicted molar refractivity (Wildman–Crippen MR) is 34.9 cm³/mol. The monoisotopic (exact) mass is 136 g/mol. The highest BCUT2D eigenvalue weighted by Gasteiger charge is 1.93. The average Bonchev–Trinajstić information content (AvgIpc) is 1.61. The number of hydrogen-bond donors (Lipinski definition) is 0. The summed E-state index contributed by atoms with van der Waals surface area (Å²) in [5.74, 6) is 0.471. The van der Waals surface area contributed by atoms with E-state index >= 15 is 0 Å². The second-order valence-electron chi connectivity index (χ2n) is 2.08. The van der Waals surface area contributed by atoms with Crippen molar-refractivity contribution < 1.29 is 8.39 Å². The second kappa shape index (κ2) is 4.04.